The molecule has 15 heteroatoms. The van der Waals surface area contributed by atoms with Crippen LogP contribution in [-0.2, 0) is 0 Å². The minimum Gasteiger partial charge on any atom is -0.495 e. The molecule has 8 aromatic carbocycles. The van der Waals surface area contributed by atoms with E-state index in [-0.39, 0.29) is 0 Å². The molecule has 15 nitrogen and oxygen atoms in total. The maximum atomic E-state index is 5.80. The predicted molar refractivity (Wildman–Crippen MR) is 393 cm³/mol. The molecule has 91 heavy (non-hydrogen) atoms. The standard InChI is InChI=1S/4C8H11NO.C8H11N.C8H17N.C7H9NO.2C7H9N.C7H15N/c1-6-3-4-8(10-2)7(9)5-6;1-6-3-4-7(9)8(5-6)10-2;1-6-4-3-5-7(10-2)8(6)9;1-6-4-3-5-7(9)8(6)10-2;1-6-4-3-5-8(9)7(6)2;9-8-6-4-2-1-3-5-7-8;1-9-7-5-3-2-4-6(7)8;1-6-2-4-7(8)5-3-6;1-6-3-2-4-7(8)5-6;8-7-5-3-1-2-4-6-7/h4*3-5H,9H2,1-2H3;3-5H,9H2,1-2H3;8H,1-7,9H2;2-5H,8H2,1H3;2*2-5H,8H2,1H3;7H,1-6,8H2. The van der Waals surface area contributed by atoms with E-state index in [4.69, 9.17) is 81.0 Å². The highest BCUT2D eigenvalue weighted by molar-refractivity contribution is 5.58. The summed E-state index contributed by atoms with van der Waals surface area (Å²) in [6.07, 6.45) is 17.6. The number of hydrogen-bond donors (Lipinski definition) is 10. The third-order valence-corrected chi connectivity index (χ3v) is 14.7. The second-order valence-electron chi connectivity index (χ2n) is 22.6. The van der Waals surface area contributed by atoms with Gasteiger partial charge in [0.1, 0.15) is 28.7 Å². The summed E-state index contributed by atoms with van der Waals surface area (Å²) in [4.78, 5) is 0. The van der Waals surface area contributed by atoms with Crippen LogP contribution in [0.1, 0.15) is 128 Å². The number of rotatable bonds is 5. The molecule has 0 aliphatic heterocycles. The molecule has 8 aromatic rings. The van der Waals surface area contributed by atoms with Crippen LogP contribution in [0.15, 0.2) is 164 Å². The number of ether oxygens (including phenoxy) is 5. The van der Waals surface area contributed by atoms with Crippen LogP contribution in [0.3, 0.4) is 0 Å². The molecule has 0 unspecified atom stereocenters. The van der Waals surface area contributed by atoms with Crippen LogP contribution < -0.4 is 81.0 Å². The van der Waals surface area contributed by atoms with Crippen LogP contribution >= 0.6 is 0 Å². The van der Waals surface area contributed by atoms with E-state index >= 15 is 0 Å². The summed E-state index contributed by atoms with van der Waals surface area (Å²) in [5, 5.41) is 0. The third-order valence-electron chi connectivity index (χ3n) is 14.7. The van der Waals surface area contributed by atoms with Gasteiger partial charge in [0.15, 0.2) is 0 Å². The zero-order valence-corrected chi connectivity index (χ0v) is 57.3. The van der Waals surface area contributed by atoms with Crippen LogP contribution in [0.5, 0.6) is 28.7 Å². The quantitative estimate of drug-likeness (QED) is 0.0566. The van der Waals surface area contributed by atoms with Gasteiger partial charge in [-0.3, -0.25) is 0 Å². The molecule has 2 saturated carbocycles. The van der Waals surface area contributed by atoms with Crippen LogP contribution in [0.2, 0.25) is 0 Å². The molecule has 0 saturated heterocycles. The lowest BCUT2D eigenvalue weighted by atomic mass is 9.98. The van der Waals surface area contributed by atoms with Crippen molar-refractivity contribution in [1.29, 1.82) is 0 Å². The van der Waals surface area contributed by atoms with Crippen molar-refractivity contribution in [2.75, 3.05) is 81.4 Å². The highest BCUT2D eigenvalue weighted by atomic mass is 16.5. The molecular weight excluding hydrogens is 1130 g/mol. The summed E-state index contributed by atoms with van der Waals surface area (Å²) in [7, 11) is 8.07. The summed E-state index contributed by atoms with van der Waals surface area (Å²) >= 11 is 0. The molecular formula is C76H114N10O5. The van der Waals surface area contributed by atoms with Crippen LogP contribution in [0.4, 0.5) is 45.5 Å². The van der Waals surface area contributed by atoms with E-state index < -0.39 is 0 Å². The van der Waals surface area contributed by atoms with Gasteiger partial charge in [-0.1, -0.05) is 148 Å². The summed E-state index contributed by atoms with van der Waals surface area (Å²) in [6, 6.07) is 52.8. The SMILES string of the molecule is COc1c(C)cccc1N.COc1cc(C)ccc1N.COc1ccc(C)cc1N.COc1cccc(C)c1N.COc1ccccc1N.Cc1ccc(N)cc1.Cc1cccc(N)c1.Cc1cccc(N)c1C.NC1CCCCCC1.NC1CCCCCCC1. The van der Waals surface area contributed by atoms with Gasteiger partial charge in [0.25, 0.3) is 0 Å². The Bertz CT molecular complexity index is 3120. The van der Waals surface area contributed by atoms with Crippen molar-refractivity contribution in [2.24, 2.45) is 11.5 Å². The molecule has 2 fully saturated rings. The molecule has 0 spiro atoms. The first kappa shape index (κ1) is 80.1. The summed E-state index contributed by atoms with van der Waals surface area (Å²) in [5.74, 6) is 3.76. The Labute approximate surface area is 547 Å². The fourth-order valence-corrected chi connectivity index (χ4v) is 8.93. The number of nitrogens with two attached hydrogens (primary N) is 10. The van der Waals surface area contributed by atoms with Gasteiger partial charge >= 0.3 is 0 Å². The second-order valence-corrected chi connectivity index (χ2v) is 22.6. The average molecular weight is 1250 g/mol. The van der Waals surface area contributed by atoms with E-state index in [1.165, 1.54) is 106 Å². The van der Waals surface area contributed by atoms with E-state index in [1.807, 2.05) is 200 Å². The zero-order valence-electron chi connectivity index (χ0n) is 57.3. The molecule has 20 N–H and O–H groups in total. The molecule has 2 aliphatic rings. The molecule has 498 valence electrons. The van der Waals surface area contributed by atoms with Gasteiger partial charge < -0.3 is 81.0 Å². The highest BCUT2D eigenvalue weighted by Crippen LogP contribution is 2.26. The van der Waals surface area contributed by atoms with E-state index in [1.54, 1.807) is 41.6 Å². The van der Waals surface area contributed by atoms with Crippen molar-refractivity contribution in [2.45, 2.75) is 151 Å². The van der Waals surface area contributed by atoms with Gasteiger partial charge in [-0.05, 0) is 199 Å². The summed E-state index contributed by atoms with van der Waals surface area (Å²) < 4.78 is 24.9. The van der Waals surface area contributed by atoms with Gasteiger partial charge in [0, 0.05) is 29.1 Å². The molecule has 0 bridgehead atoms. The molecule has 0 heterocycles. The largest absolute Gasteiger partial charge is 0.495 e. The predicted octanol–water partition coefficient (Wildman–Crippen LogP) is 16.4. The smallest absolute Gasteiger partial charge is 0.144 e. The topological polar surface area (TPSA) is 306 Å². The Kier molecular flexibility index (Phi) is 41.4. The van der Waals surface area contributed by atoms with Crippen molar-refractivity contribution in [3.63, 3.8) is 0 Å². The van der Waals surface area contributed by atoms with Crippen molar-refractivity contribution < 1.29 is 23.7 Å². The number of hydrogen-bond acceptors (Lipinski definition) is 15. The molecule has 0 atom stereocenters. The van der Waals surface area contributed by atoms with Gasteiger partial charge in [0.2, 0.25) is 0 Å². The monoisotopic (exact) mass is 1250 g/mol. The van der Waals surface area contributed by atoms with Crippen molar-refractivity contribution >= 4 is 45.5 Å². The lowest BCUT2D eigenvalue weighted by Crippen LogP contribution is -2.20. The fraction of sp³-hybridized carbons (Fsp3) is 0.368. The maximum absolute atomic E-state index is 5.80. The number of anilines is 8. The number of methoxy groups -OCH3 is 5. The Morgan fingerprint density at radius 2 is 0.692 bits per heavy atom. The van der Waals surface area contributed by atoms with Crippen molar-refractivity contribution in [3.8, 4) is 28.7 Å². The Morgan fingerprint density at radius 1 is 0.286 bits per heavy atom. The van der Waals surface area contributed by atoms with Crippen LogP contribution in [0.25, 0.3) is 0 Å². The molecule has 2 aliphatic carbocycles. The maximum Gasteiger partial charge on any atom is 0.144 e. The van der Waals surface area contributed by atoms with E-state index in [9.17, 15) is 0 Å². The van der Waals surface area contributed by atoms with Gasteiger partial charge in [-0.25, -0.2) is 0 Å². The van der Waals surface area contributed by atoms with Crippen LogP contribution in [-0.4, -0.2) is 47.6 Å². The van der Waals surface area contributed by atoms with Gasteiger partial charge in [-0.2, -0.15) is 0 Å². The normalized spacial score (nSPS) is 12.3. The van der Waals surface area contributed by atoms with E-state index in [0.29, 0.717) is 34.8 Å². The van der Waals surface area contributed by atoms with Crippen molar-refractivity contribution in [3.05, 3.63) is 208 Å². The molecule has 0 aromatic heterocycles. The first-order valence-corrected chi connectivity index (χ1v) is 31.3. The Morgan fingerprint density at radius 3 is 1.10 bits per heavy atom. The van der Waals surface area contributed by atoms with Gasteiger partial charge in [-0.15, -0.1) is 0 Å². The second kappa shape index (κ2) is 47.1. The Hall–Kier alpha value is -8.92. The Balaban J connectivity index is 0.000000506. The third kappa shape index (κ3) is 35.8. The van der Waals surface area contributed by atoms with Crippen LogP contribution in [0, 0.1) is 55.4 Å². The first-order valence-electron chi connectivity index (χ1n) is 31.3. The lowest BCUT2D eigenvalue weighted by Gasteiger charge is -2.13. The molecule has 10 rings (SSSR count). The number of benzene rings is 8. The number of para-hydroxylation sites is 4. The summed E-state index contributed by atoms with van der Waals surface area (Å²) in [5.41, 5.74) is 71.4. The zero-order chi connectivity index (χ0) is 68.1. The average Bonchev–Trinajstić information content (AvgIpc) is 3.98. The molecule has 0 amide bonds. The van der Waals surface area contributed by atoms with E-state index in [2.05, 4.69) is 13.0 Å². The highest BCUT2D eigenvalue weighted by Gasteiger charge is 2.07. The van der Waals surface area contributed by atoms with E-state index in [0.717, 1.165) is 73.8 Å². The lowest BCUT2D eigenvalue weighted by molar-refractivity contribution is 0.414. The number of aryl methyl sites for hydroxylation is 7. The fourth-order valence-electron chi connectivity index (χ4n) is 8.93. The summed E-state index contributed by atoms with van der Waals surface area (Å²) in [6.45, 7) is 16.1. The van der Waals surface area contributed by atoms with Crippen molar-refractivity contribution in [1.82, 2.24) is 0 Å². The molecule has 0 radical (unpaired) electrons. The van der Waals surface area contributed by atoms with Gasteiger partial charge in [0.05, 0.1) is 64.0 Å². The minimum absolute atomic E-state index is 0.519. The number of nitrogen functional groups attached to an aromatic ring is 8. The first-order chi connectivity index (χ1) is 43.4. The minimum atomic E-state index is 0.519.